The van der Waals surface area contributed by atoms with E-state index < -0.39 is 18.2 Å². The van der Waals surface area contributed by atoms with Gasteiger partial charge in [0.25, 0.3) is 0 Å². The third-order valence-corrected chi connectivity index (χ3v) is 7.83. The molecule has 0 saturated heterocycles. The summed E-state index contributed by atoms with van der Waals surface area (Å²) in [7, 11) is -3.76. The van der Waals surface area contributed by atoms with Crippen LogP contribution in [0.1, 0.15) is 69.2 Å². The van der Waals surface area contributed by atoms with Crippen molar-refractivity contribution < 1.29 is 14.2 Å². The van der Waals surface area contributed by atoms with Gasteiger partial charge in [0.1, 0.15) is 0 Å². The van der Waals surface area contributed by atoms with Crippen LogP contribution in [0.2, 0.25) is 0 Å². The fourth-order valence-electron chi connectivity index (χ4n) is 3.54. The Morgan fingerprint density at radius 3 is 1.44 bits per heavy atom. The van der Waals surface area contributed by atoms with E-state index in [0.717, 1.165) is 35.1 Å². The van der Waals surface area contributed by atoms with E-state index in [1.807, 2.05) is 71.0 Å². The lowest BCUT2D eigenvalue weighted by Crippen LogP contribution is -2.17. The first-order chi connectivity index (χ1) is 12.7. The molecule has 0 fully saturated rings. The second-order valence-electron chi connectivity index (χ2n) is 7.31. The molecule has 2 aromatic carbocycles. The lowest BCUT2D eigenvalue weighted by Gasteiger charge is -2.20. The molecule has 0 saturated carbocycles. The molecule has 0 atom stereocenters. The van der Waals surface area contributed by atoms with Gasteiger partial charge in [-0.05, 0) is 56.4 Å². The Morgan fingerprint density at radius 2 is 1.11 bits per heavy atom. The summed E-state index contributed by atoms with van der Waals surface area (Å²) in [5, 5.41) is 0. The molecule has 0 aliphatic rings. The van der Waals surface area contributed by atoms with Gasteiger partial charge in [-0.15, -0.1) is 0 Å². The monoisotopic (exact) mass is 384 g/mol. The van der Waals surface area contributed by atoms with E-state index >= 15 is 0 Å². The summed E-state index contributed by atoms with van der Waals surface area (Å²) in [6, 6.07) is 11.1. The number of carbonyl (C=O) groups excluding carboxylic acids is 2. The predicted octanol–water partition coefficient (Wildman–Crippen LogP) is 6.45. The molecule has 144 valence electrons. The SMILES string of the molecule is CCCCCP(=O)(C(=O)c1c(C)cccc1C)C(=O)c1c(C)cccc1C. The number of benzene rings is 2. The van der Waals surface area contributed by atoms with Crippen molar-refractivity contribution in [3.05, 3.63) is 69.8 Å². The molecule has 0 aliphatic heterocycles. The Labute approximate surface area is 162 Å². The standard InChI is InChI=1S/C23H29O3P/c1-6-7-8-15-27(26,22(24)20-16(2)11-9-12-17(20)3)23(25)21-18(4)13-10-14-19(21)5/h9-14H,6-8,15H2,1-5H3. The molecule has 0 radical (unpaired) electrons. The van der Waals surface area contributed by atoms with E-state index in [4.69, 9.17) is 0 Å². The van der Waals surface area contributed by atoms with Crippen LogP contribution in [0.4, 0.5) is 0 Å². The van der Waals surface area contributed by atoms with Crippen molar-refractivity contribution in [2.24, 2.45) is 0 Å². The highest BCUT2D eigenvalue weighted by Gasteiger charge is 2.42. The Balaban J connectivity index is 2.60. The van der Waals surface area contributed by atoms with Gasteiger partial charge in [0.05, 0.1) is 0 Å². The molecular formula is C23H29O3P. The highest BCUT2D eigenvalue weighted by molar-refractivity contribution is 7.95. The Bertz CT molecular complexity index is 804. The summed E-state index contributed by atoms with van der Waals surface area (Å²) < 4.78 is 14.0. The fraction of sp³-hybridized carbons (Fsp3) is 0.391. The van der Waals surface area contributed by atoms with E-state index in [1.165, 1.54) is 0 Å². The van der Waals surface area contributed by atoms with Crippen molar-refractivity contribution in [2.75, 3.05) is 6.16 Å². The van der Waals surface area contributed by atoms with Crippen LogP contribution in [0.3, 0.4) is 0 Å². The Kier molecular flexibility index (Phi) is 6.95. The quantitative estimate of drug-likeness (QED) is 0.388. The minimum Gasteiger partial charge on any atom is -0.307 e. The van der Waals surface area contributed by atoms with E-state index in [2.05, 4.69) is 0 Å². The number of hydrogen-bond donors (Lipinski definition) is 0. The van der Waals surface area contributed by atoms with Crippen LogP contribution in [0, 0.1) is 27.7 Å². The first-order valence-corrected chi connectivity index (χ1v) is 11.4. The fourth-order valence-corrected chi connectivity index (χ4v) is 6.23. The van der Waals surface area contributed by atoms with Crippen molar-refractivity contribution >= 4 is 18.2 Å². The molecule has 2 aromatic rings. The third kappa shape index (κ3) is 4.30. The minimum atomic E-state index is -3.76. The van der Waals surface area contributed by atoms with Gasteiger partial charge in [0.2, 0.25) is 18.2 Å². The lowest BCUT2D eigenvalue weighted by molar-refractivity contribution is 0.103. The van der Waals surface area contributed by atoms with Crippen LogP contribution < -0.4 is 0 Å². The van der Waals surface area contributed by atoms with Crippen molar-refractivity contribution in [1.82, 2.24) is 0 Å². The summed E-state index contributed by atoms with van der Waals surface area (Å²) in [5.74, 6) is 0. The average molecular weight is 384 g/mol. The molecule has 0 aliphatic carbocycles. The summed E-state index contributed by atoms with van der Waals surface area (Å²) >= 11 is 0. The van der Waals surface area contributed by atoms with E-state index in [0.29, 0.717) is 17.5 Å². The number of carbonyl (C=O) groups is 2. The van der Waals surface area contributed by atoms with Gasteiger partial charge in [-0.3, -0.25) is 9.59 Å². The van der Waals surface area contributed by atoms with Crippen molar-refractivity contribution in [3.8, 4) is 0 Å². The molecule has 0 amide bonds. The second kappa shape index (κ2) is 8.80. The smallest absolute Gasteiger partial charge is 0.229 e. The first kappa shape index (κ1) is 21.3. The zero-order valence-electron chi connectivity index (χ0n) is 17.0. The van der Waals surface area contributed by atoms with Gasteiger partial charge in [-0.25, -0.2) is 0 Å². The molecule has 0 aromatic heterocycles. The largest absolute Gasteiger partial charge is 0.307 e. The van der Waals surface area contributed by atoms with Crippen molar-refractivity contribution in [3.63, 3.8) is 0 Å². The molecule has 0 bridgehead atoms. The van der Waals surface area contributed by atoms with Crippen LogP contribution in [0.25, 0.3) is 0 Å². The molecule has 27 heavy (non-hydrogen) atoms. The van der Waals surface area contributed by atoms with E-state index in [9.17, 15) is 14.2 Å². The van der Waals surface area contributed by atoms with Gasteiger partial charge in [-0.1, -0.05) is 56.2 Å². The zero-order chi connectivity index (χ0) is 20.2. The maximum absolute atomic E-state index is 14.0. The minimum absolute atomic E-state index is 0.139. The number of aryl methyl sites for hydroxylation is 4. The molecule has 2 rings (SSSR count). The highest BCUT2D eigenvalue weighted by Crippen LogP contribution is 2.54. The zero-order valence-corrected chi connectivity index (χ0v) is 17.9. The molecule has 0 heterocycles. The number of unbranched alkanes of at least 4 members (excludes halogenated alkanes) is 2. The lowest BCUT2D eigenvalue weighted by atomic mass is 10.0. The van der Waals surface area contributed by atoms with Crippen molar-refractivity contribution in [2.45, 2.75) is 53.9 Å². The van der Waals surface area contributed by atoms with E-state index in [1.54, 1.807) is 0 Å². The molecule has 4 heteroatoms. The van der Waals surface area contributed by atoms with Crippen LogP contribution in [0.15, 0.2) is 36.4 Å². The second-order valence-corrected chi connectivity index (χ2v) is 10.1. The van der Waals surface area contributed by atoms with Gasteiger partial charge < -0.3 is 4.57 Å². The van der Waals surface area contributed by atoms with Crippen LogP contribution in [-0.2, 0) is 4.57 Å². The van der Waals surface area contributed by atoms with Crippen molar-refractivity contribution in [1.29, 1.82) is 0 Å². The maximum Gasteiger partial charge on any atom is 0.229 e. The van der Waals surface area contributed by atoms with E-state index in [-0.39, 0.29) is 6.16 Å². The molecule has 0 unspecified atom stereocenters. The van der Waals surface area contributed by atoms with Gasteiger partial charge in [0, 0.05) is 17.3 Å². The van der Waals surface area contributed by atoms with Gasteiger partial charge >= 0.3 is 0 Å². The number of hydrogen-bond acceptors (Lipinski definition) is 3. The Morgan fingerprint density at radius 1 is 0.741 bits per heavy atom. The van der Waals surface area contributed by atoms with Crippen LogP contribution in [-0.4, -0.2) is 17.2 Å². The normalized spacial score (nSPS) is 11.4. The highest BCUT2D eigenvalue weighted by atomic mass is 31.2. The Hall–Kier alpha value is -1.99. The van der Waals surface area contributed by atoms with Gasteiger partial charge in [-0.2, -0.15) is 0 Å². The van der Waals surface area contributed by atoms with Crippen LogP contribution in [0.5, 0.6) is 0 Å². The molecule has 3 nitrogen and oxygen atoms in total. The summed E-state index contributed by atoms with van der Waals surface area (Å²) in [6.07, 6.45) is 2.54. The molecule has 0 spiro atoms. The topological polar surface area (TPSA) is 51.2 Å². The molecule has 0 N–H and O–H groups in total. The maximum atomic E-state index is 14.0. The van der Waals surface area contributed by atoms with Gasteiger partial charge in [0.15, 0.2) is 0 Å². The predicted molar refractivity (Wildman–Crippen MR) is 112 cm³/mol. The van der Waals surface area contributed by atoms with Crippen LogP contribution >= 0.6 is 7.14 Å². The summed E-state index contributed by atoms with van der Waals surface area (Å²) in [4.78, 5) is 26.9. The first-order valence-electron chi connectivity index (χ1n) is 9.55. The summed E-state index contributed by atoms with van der Waals surface area (Å²) in [5.41, 5.74) is 2.99. The number of rotatable bonds is 8. The third-order valence-electron chi connectivity index (χ3n) is 5.12. The summed E-state index contributed by atoms with van der Waals surface area (Å²) in [6.45, 7) is 9.38. The average Bonchev–Trinajstić information content (AvgIpc) is 2.61. The molecular weight excluding hydrogens is 355 g/mol.